The molecule has 6 heteroatoms. The van der Waals surface area contributed by atoms with E-state index in [9.17, 15) is 14.4 Å². The number of hydrogen-bond acceptors (Lipinski definition) is 6. The van der Waals surface area contributed by atoms with Gasteiger partial charge in [-0.05, 0) is 128 Å². The number of ether oxygens (including phenoxy) is 3. The third kappa shape index (κ3) is 54.7. The minimum absolute atomic E-state index is 0.107. The van der Waals surface area contributed by atoms with Crippen molar-refractivity contribution < 1.29 is 28.6 Å². The quantitative estimate of drug-likeness (QED) is 0.0262. The largest absolute Gasteiger partial charge is 0.462 e. The maximum atomic E-state index is 12.8. The van der Waals surface area contributed by atoms with Gasteiger partial charge in [0.15, 0.2) is 6.10 Å². The Morgan fingerprint density at radius 2 is 0.557 bits per heavy atom. The Balaban J connectivity index is 4.46. The summed E-state index contributed by atoms with van der Waals surface area (Å²) in [4.78, 5) is 38.1. The van der Waals surface area contributed by atoms with Crippen LogP contribution in [0, 0.1) is 0 Å². The zero-order chi connectivity index (χ0) is 50.7. The number of allylic oxidation sites excluding steroid dienone is 20. The van der Waals surface area contributed by atoms with Crippen LogP contribution in [0.5, 0.6) is 0 Å². The number of carbonyl (C=O) groups excluding carboxylic acids is 3. The lowest BCUT2D eigenvalue weighted by molar-refractivity contribution is -0.167. The molecule has 0 aromatic rings. The first kappa shape index (κ1) is 65.8. The minimum Gasteiger partial charge on any atom is -0.462 e. The fraction of sp³-hybridized carbons (Fsp3) is 0.641. The second-order valence-corrected chi connectivity index (χ2v) is 18.4. The molecule has 0 aliphatic heterocycles. The summed E-state index contributed by atoms with van der Waals surface area (Å²) in [6.07, 6.45) is 79.0. The van der Waals surface area contributed by atoms with Crippen LogP contribution in [0.3, 0.4) is 0 Å². The Morgan fingerprint density at radius 3 is 0.900 bits per heavy atom. The molecule has 1 unspecified atom stereocenters. The molecule has 0 aliphatic rings. The van der Waals surface area contributed by atoms with Gasteiger partial charge in [0.25, 0.3) is 0 Å². The molecule has 0 fully saturated rings. The summed E-state index contributed by atoms with van der Waals surface area (Å²) in [5.74, 6) is -0.970. The average molecular weight is 970 g/mol. The molecule has 0 bridgehead atoms. The molecule has 70 heavy (non-hydrogen) atoms. The van der Waals surface area contributed by atoms with Gasteiger partial charge >= 0.3 is 17.9 Å². The number of carbonyl (C=O) groups is 3. The van der Waals surface area contributed by atoms with Crippen LogP contribution in [0.25, 0.3) is 0 Å². The number of esters is 3. The van der Waals surface area contributed by atoms with E-state index in [0.29, 0.717) is 19.3 Å². The maximum absolute atomic E-state index is 12.8. The van der Waals surface area contributed by atoms with E-state index in [1.54, 1.807) is 0 Å². The van der Waals surface area contributed by atoms with Crippen molar-refractivity contribution in [2.45, 2.75) is 252 Å². The van der Waals surface area contributed by atoms with Gasteiger partial charge < -0.3 is 14.2 Å². The van der Waals surface area contributed by atoms with Gasteiger partial charge in [-0.15, -0.1) is 0 Å². The molecule has 0 aromatic carbocycles. The van der Waals surface area contributed by atoms with Gasteiger partial charge in [0.2, 0.25) is 0 Å². The minimum atomic E-state index is -0.809. The zero-order valence-corrected chi connectivity index (χ0v) is 45.2. The molecular weight excluding hydrogens is 865 g/mol. The highest BCUT2D eigenvalue weighted by Crippen LogP contribution is 2.13. The van der Waals surface area contributed by atoms with Crippen LogP contribution in [-0.2, 0) is 28.6 Å². The monoisotopic (exact) mass is 969 g/mol. The van der Waals surface area contributed by atoms with Gasteiger partial charge in [-0.3, -0.25) is 14.4 Å². The predicted molar refractivity (Wildman–Crippen MR) is 302 cm³/mol. The van der Waals surface area contributed by atoms with Crippen molar-refractivity contribution in [3.8, 4) is 0 Å². The second kappa shape index (κ2) is 57.4. The van der Waals surface area contributed by atoms with E-state index < -0.39 is 6.10 Å². The average Bonchev–Trinajstić information content (AvgIpc) is 3.36. The molecule has 0 saturated heterocycles. The first-order valence-corrected chi connectivity index (χ1v) is 28.5. The van der Waals surface area contributed by atoms with Gasteiger partial charge in [-0.1, -0.05) is 219 Å². The van der Waals surface area contributed by atoms with Crippen LogP contribution < -0.4 is 0 Å². The van der Waals surface area contributed by atoms with Gasteiger partial charge in [0.05, 0.1) is 0 Å². The van der Waals surface area contributed by atoms with Crippen molar-refractivity contribution in [2.75, 3.05) is 13.2 Å². The molecule has 0 amide bonds. The lowest BCUT2D eigenvalue weighted by atomic mass is 10.1. The summed E-state index contributed by atoms with van der Waals surface area (Å²) in [5.41, 5.74) is 0. The lowest BCUT2D eigenvalue weighted by Gasteiger charge is -2.18. The first-order chi connectivity index (χ1) is 34.5. The molecule has 0 radical (unpaired) electrons. The smallest absolute Gasteiger partial charge is 0.306 e. The molecule has 0 saturated carbocycles. The van der Waals surface area contributed by atoms with E-state index in [4.69, 9.17) is 14.2 Å². The summed E-state index contributed by atoms with van der Waals surface area (Å²) in [5, 5.41) is 0. The Hall–Kier alpha value is -4.19. The van der Waals surface area contributed by atoms with Crippen molar-refractivity contribution in [3.63, 3.8) is 0 Å². The molecule has 6 nitrogen and oxygen atoms in total. The van der Waals surface area contributed by atoms with Gasteiger partial charge in [-0.2, -0.15) is 0 Å². The van der Waals surface area contributed by atoms with Crippen LogP contribution >= 0.6 is 0 Å². The Bertz CT molecular complexity index is 1490. The zero-order valence-electron chi connectivity index (χ0n) is 45.2. The third-order valence-electron chi connectivity index (χ3n) is 11.7. The van der Waals surface area contributed by atoms with Crippen molar-refractivity contribution >= 4 is 17.9 Å². The second-order valence-electron chi connectivity index (χ2n) is 18.4. The molecule has 0 spiro atoms. The molecule has 0 aliphatic carbocycles. The molecular formula is C64H104O6. The van der Waals surface area contributed by atoms with Crippen LogP contribution in [0.15, 0.2) is 122 Å². The van der Waals surface area contributed by atoms with Crippen molar-refractivity contribution in [2.24, 2.45) is 0 Å². The molecule has 0 heterocycles. The van der Waals surface area contributed by atoms with Crippen molar-refractivity contribution in [1.29, 1.82) is 0 Å². The highest BCUT2D eigenvalue weighted by molar-refractivity contribution is 5.71. The van der Waals surface area contributed by atoms with E-state index in [1.165, 1.54) is 57.8 Å². The van der Waals surface area contributed by atoms with Crippen LogP contribution in [-0.4, -0.2) is 37.2 Å². The van der Waals surface area contributed by atoms with Crippen LogP contribution in [0.1, 0.15) is 245 Å². The van der Waals surface area contributed by atoms with E-state index in [0.717, 1.165) is 148 Å². The molecule has 1 atom stereocenters. The number of hydrogen-bond donors (Lipinski definition) is 0. The fourth-order valence-electron chi connectivity index (χ4n) is 7.45. The summed E-state index contributed by atoms with van der Waals surface area (Å²) in [6.45, 7) is 6.35. The highest BCUT2D eigenvalue weighted by atomic mass is 16.6. The first-order valence-electron chi connectivity index (χ1n) is 28.5. The summed E-state index contributed by atoms with van der Waals surface area (Å²) in [7, 11) is 0. The fourth-order valence-corrected chi connectivity index (χ4v) is 7.45. The van der Waals surface area contributed by atoms with E-state index in [2.05, 4.69) is 142 Å². The van der Waals surface area contributed by atoms with E-state index in [1.807, 2.05) is 0 Å². The predicted octanol–water partition coefficient (Wildman–Crippen LogP) is 19.3. The normalized spacial score (nSPS) is 13.0. The van der Waals surface area contributed by atoms with Crippen molar-refractivity contribution in [3.05, 3.63) is 122 Å². The summed E-state index contributed by atoms with van der Waals surface area (Å²) < 4.78 is 16.8. The third-order valence-corrected chi connectivity index (χ3v) is 11.7. The molecule has 0 rings (SSSR count). The van der Waals surface area contributed by atoms with Crippen LogP contribution in [0.2, 0.25) is 0 Å². The number of unbranched alkanes of at least 4 members (excludes halogenated alkanes) is 19. The summed E-state index contributed by atoms with van der Waals surface area (Å²) >= 11 is 0. The van der Waals surface area contributed by atoms with Gasteiger partial charge in [-0.25, -0.2) is 0 Å². The number of rotatable bonds is 50. The van der Waals surface area contributed by atoms with E-state index in [-0.39, 0.29) is 31.1 Å². The standard InChI is InChI=1S/C64H104O6/c1-4-7-10-13-16-19-22-25-27-29-30-31-32-33-34-35-37-39-42-45-48-51-54-57-63(66)69-60-61(59-68-62(65)56-53-50-47-44-41-38-24-21-18-15-12-9-6-3)70-64(67)58-55-52-49-46-43-40-36-28-26-23-20-17-14-11-8-5-2/h7,9-10,12,16,18-19,21,25,27-28,30-31,33-34,36-39,41,61H,4-6,8,11,13-15,17,20,22-24,26,29,32,35,40,42-60H2,1-3H3/b10-7-,12-9-,19-16-,21-18-,27-25-,31-30-,34-33-,36-28-,39-37-,41-38-. The maximum Gasteiger partial charge on any atom is 0.306 e. The van der Waals surface area contributed by atoms with Gasteiger partial charge in [0.1, 0.15) is 13.2 Å². The SMILES string of the molecule is CC/C=C\C/C=C\C/C=C\C/C=C\C/C=C\C/C=C\CCCCCCC(=O)OCC(COC(=O)CCCCC/C=C\C/C=C\C/C=C\CC)OC(=O)CCCCCCC/C=C\CCCCCCCCC. The Labute approximate surface area is 431 Å². The lowest BCUT2D eigenvalue weighted by Crippen LogP contribution is -2.30. The molecule has 0 aromatic heterocycles. The highest BCUT2D eigenvalue weighted by Gasteiger charge is 2.19. The van der Waals surface area contributed by atoms with Crippen molar-refractivity contribution in [1.82, 2.24) is 0 Å². The van der Waals surface area contributed by atoms with E-state index >= 15 is 0 Å². The molecule has 0 N–H and O–H groups in total. The Kier molecular flexibility index (Phi) is 54.0. The van der Waals surface area contributed by atoms with Gasteiger partial charge in [0, 0.05) is 19.3 Å². The topological polar surface area (TPSA) is 78.9 Å². The molecule has 396 valence electrons. The summed E-state index contributed by atoms with van der Waals surface area (Å²) in [6, 6.07) is 0. The van der Waals surface area contributed by atoms with Crippen LogP contribution in [0.4, 0.5) is 0 Å². The Morgan fingerprint density at radius 1 is 0.300 bits per heavy atom.